The Morgan fingerprint density at radius 1 is 1.07 bits per heavy atom. The van der Waals surface area contributed by atoms with Crippen LogP contribution in [0.2, 0.25) is 0 Å². The van der Waals surface area contributed by atoms with Crippen LogP contribution in [0.5, 0.6) is 0 Å². The summed E-state index contributed by atoms with van der Waals surface area (Å²) in [5.41, 5.74) is 2.48. The van der Waals surface area contributed by atoms with Crippen LogP contribution >= 0.6 is 0 Å². The molecule has 0 aliphatic heterocycles. The van der Waals surface area contributed by atoms with Crippen LogP contribution in [0.1, 0.15) is 64.9 Å². The van der Waals surface area contributed by atoms with Gasteiger partial charge in [-0.2, -0.15) is 0 Å². The highest BCUT2D eigenvalue weighted by Crippen LogP contribution is 2.22. The number of hydrogen-bond donors (Lipinski definition) is 0. The molecule has 3 heteroatoms. The van der Waals surface area contributed by atoms with Gasteiger partial charge in [-0.3, -0.25) is 0 Å². The van der Waals surface area contributed by atoms with Crippen LogP contribution in [0.3, 0.4) is 0 Å². The monoisotopic (exact) mass is 209 g/mol. The summed E-state index contributed by atoms with van der Waals surface area (Å²) in [7, 11) is 0. The summed E-state index contributed by atoms with van der Waals surface area (Å²) >= 11 is 0. The molecule has 0 bridgehead atoms. The number of aromatic nitrogens is 3. The van der Waals surface area contributed by atoms with Crippen LogP contribution in [0.4, 0.5) is 0 Å². The Labute approximate surface area is 92.9 Å². The molecule has 3 nitrogen and oxygen atoms in total. The van der Waals surface area contributed by atoms with Crippen molar-refractivity contribution in [2.75, 3.05) is 0 Å². The third-order valence-corrected chi connectivity index (χ3v) is 2.44. The first kappa shape index (κ1) is 12.2. The van der Waals surface area contributed by atoms with Crippen molar-refractivity contribution in [3.63, 3.8) is 0 Å². The van der Waals surface area contributed by atoms with Gasteiger partial charge in [-0.1, -0.05) is 32.9 Å². The Kier molecular flexibility index (Phi) is 3.89. The summed E-state index contributed by atoms with van der Waals surface area (Å²) in [6.45, 7) is 13.2. The summed E-state index contributed by atoms with van der Waals surface area (Å²) < 4.78 is 2.06. The molecule has 0 aliphatic rings. The largest absolute Gasteiger partial charge is 0.246 e. The van der Waals surface area contributed by atoms with Crippen molar-refractivity contribution in [2.24, 2.45) is 5.92 Å². The van der Waals surface area contributed by atoms with Crippen LogP contribution in [0.15, 0.2) is 0 Å². The van der Waals surface area contributed by atoms with Gasteiger partial charge in [0.25, 0.3) is 0 Å². The molecule has 0 amide bonds. The van der Waals surface area contributed by atoms with Crippen LogP contribution in [-0.4, -0.2) is 15.0 Å². The fourth-order valence-corrected chi connectivity index (χ4v) is 1.85. The third kappa shape index (κ3) is 2.80. The quantitative estimate of drug-likeness (QED) is 0.762. The molecule has 1 aromatic heterocycles. The smallest absolute Gasteiger partial charge is 0.0864 e. The molecule has 0 saturated heterocycles. The van der Waals surface area contributed by atoms with E-state index in [2.05, 4.69) is 56.5 Å². The Morgan fingerprint density at radius 3 is 2.07 bits per heavy atom. The van der Waals surface area contributed by atoms with Crippen LogP contribution in [0, 0.1) is 5.92 Å². The van der Waals surface area contributed by atoms with Gasteiger partial charge in [0.05, 0.1) is 11.4 Å². The van der Waals surface area contributed by atoms with E-state index in [0.29, 0.717) is 17.9 Å². The minimum absolute atomic E-state index is 0.399. The minimum atomic E-state index is 0.399. The molecular formula is C12H23N3. The summed E-state index contributed by atoms with van der Waals surface area (Å²) in [4.78, 5) is 0. The number of nitrogens with zero attached hydrogens (tertiary/aromatic N) is 3. The molecule has 0 saturated carbocycles. The number of rotatable bonds is 4. The van der Waals surface area contributed by atoms with E-state index in [9.17, 15) is 0 Å². The first-order valence-electron chi connectivity index (χ1n) is 5.87. The van der Waals surface area contributed by atoms with Crippen molar-refractivity contribution < 1.29 is 0 Å². The van der Waals surface area contributed by atoms with Crippen LogP contribution < -0.4 is 0 Å². The fraction of sp³-hybridized carbons (Fsp3) is 0.833. The standard InChI is InChI=1S/C12H23N3/c1-8(2)7-11-12(9(3)4)15(10(5)6)14-13-11/h8-10H,7H2,1-6H3. The summed E-state index contributed by atoms with van der Waals surface area (Å²) in [5.74, 6) is 1.14. The second-order valence-electron chi connectivity index (χ2n) is 5.21. The minimum Gasteiger partial charge on any atom is -0.246 e. The molecule has 1 aromatic rings. The summed E-state index contributed by atoms with van der Waals surface area (Å²) in [6.07, 6.45) is 1.03. The first-order chi connectivity index (χ1) is 6.93. The zero-order valence-electron chi connectivity index (χ0n) is 10.8. The molecule has 1 heterocycles. The van der Waals surface area contributed by atoms with Gasteiger partial charge < -0.3 is 0 Å². The van der Waals surface area contributed by atoms with Crippen LogP contribution in [0.25, 0.3) is 0 Å². The molecule has 0 atom stereocenters. The van der Waals surface area contributed by atoms with Crippen molar-refractivity contribution >= 4 is 0 Å². The molecule has 0 radical (unpaired) electrons. The average Bonchev–Trinajstić information content (AvgIpc) is 2.46. The molecule has 0 unspecified atom stereocenters. The fourth-order valence-electron chi connectivity index (χ4n) is 1.85. The highest BCUT2D eigenvalue weighted by atomic mass is 15.4. The molecular weight excluding hydrogens is 186 g/mol. The van der Waals surface area contributed by atoms with Gasteiger partial charge in [0, 0.05) is 6.04 Å². The van der Waals surface area contributed by atoms with E-state index in [1.807, 2.05) is 0 Å². The van der Waals surface area contributed by atoms with Gasteiger partial charge in [-0.25, -0.2) is 4.68 Å². The molecule has 86 valence electrons. The van der Waals surface area contributed by atoms with E-state index in [-0.39, 0.29) is 0 Å². The third-order valence-electron chi connectivity index (χ3n) is 2.44. The lowest BCUT2D eigenvalue weighted by atomic mass is 10.0. The normalized spacial score (nSPS) is 12.1. The van der Waals surface area contributed by atoms with Gasteiger partial charge in [-0.15, -0.1) is 5.10 Å². The maximum absolute atomic E-state index is 4.31. The zero-order valence-corrected chi connectivity index (χ0v) is 10.8. The Bertz CT molecular complexity index is 311. The lowest BCUT2D eigenvalue weighted by Gasteiger charge is -2.14. The number of hydrogen-bond acceptors (Lipinski definition) is 2. The SMILES string of the molecule is CC(C)Cc1nnn(C(C)C)c1C(C)C. The summed E-state index contributed by atoms with van der Waals surface area (Å²) in [6, 6.07) is 0.399. The molecule has 0 N–H and O–H groups in total. The second-order valence-corrected chi connectivity index (χ2v) is 5.21. The van der Waals surface area contributed by atoms with Gasteiger partial charge >= 0.3 is 0 Å². The molecule has 0 aromatic carbocycles. The second kappa shape index (κ2) is 4.77. The van der Waals surface area contributed by atoms with Gasteiger partial charge in [-0.05, 0) is 32.1 Å². The topological polar surface area (TPSA) is 30.7 Å². The molecule has 0 spiro atoms. The maximum Gasteiger partial charge on any atom is 0.0864 e. The van der Waals surface area contributed by atoms with Crippen molar-refractivity contribution in [2.45, 2.75) is 59.9 Å². The predicted octanol–water partition coefficient (Wildman–Crippen LogP) is 3.18. The van der Waals surface area contributed by atoms with E-state index in [1.54, 1.807) is 0 Å². The van der Waals surface area contributed by atoms with Gasteiger partial charge in [0.2, 0.25) is 0 Å². The molecule has 15 heavy (non-hydrogen) atoms. The predicted molar refractivity (Wildman–Crippen MR) is 63.0 cm³/mol. The van der Waals surface area contributed by atoms with E-state index in [1.165, 1.54) is 11.4 Å². The highest BCUT2D eigenvalue weighted by Gasteiger charge is 2.18. The van der Waals surface area contributed by atoms with E-state index in [4.69, 9.17) is 0 Å². The van der Waals surface area contributed by atoms with Crippen molar-refractivity contribution in [1.29, 1.82) is 0 Å². The van der Waals surface area contributed by atoms with E-state index in [0.717, 1.165) is 6.42 Å². The molecule has 1 rings (SSSR count). The van der Waals surface area contributed by atoms with Crippen LogP contribution in [-0.2, 0) is 6.42 Å². The lowest BCUT2D eigenvalue weighted by Crippen LogP contribution is -2.10. The zero-order chi connectivity index (χ0) is 11.6. The van der Waals surface area contributed by atoms with Crippen molar-refractivity contribution in [3.05, 3.63) is 11.4 Å². The lowest BCUT2D eigenvalue weighted by molar-refractivity contribution is 0.483. The van der Waals surface area contributed by atoms with Crippen molar-refractivity contribution in [1.82, 2.24) is 15.0 Å². The Hall–Kier alpha value is -0.860. The average molecular weight is 209 g/mol. The van der Waals surface area contributed by atoms with Gasteiger partial charge in [0.15, 0.2) is 0 Å². The van der Waals surface area contributed by atoms with Gasteiger partial charge in [0.1, 0.15) is 0 Å². The summed E-state index contributed by atoms with van der Waals surface area (Å²) in [5, 5.41) is 8.57. The Balaban J connectivity index is 3.06. The highest BCUT2D eigenvalue weighted by molar-refractivity contribution is 5.15. The molecule has 0 fully saturated rings. The molecule has 0 aliphatic carbocycles. The maximum atomic E-state index is 4.31. The van der Waals surface area contributed by atoms with E-state index < -0.39 is 0 Å². The van der Waals surface area contributed by atoms with Crippen molar-refractivity contribution in [3.8, 4) is 0 Å². The van der Waals surface area contributed by atoms with E-state index >= 15 is 0 Å². The first-order valence-corrected chi connectivity index (χ1v) is 5.87. The Morgan fingerprint density at radius 2 is 1.67 bits per heavy atom.